The first-order valence-corrected chi connectivity index (χ1v) is 8.28. The van der Waals surface area contributed by atoms with Crippen LogP contribution >= 0.6 is 0 Å². The van der Waals surface area contributed by atoms with Gasteiger partial charge in [-0.05, 0) is 31.2 Å². The molecule has 2 amide bonds. The van der Waals surface area contributed by atoms with E-state index in [1.807, 2.05) is 4.90 Å². The summed E-state index contributed by atoms with van der Waals surface area (Å²) in [6.45, 7) is 3.58. The predicted octanol–water partition coefficient (Wildman–Crippen LogP) is 2.34. The van der Waals surface area contributed by atoms with E-state index in [2.05, 4.69) is 5.32 Å². The van der Waals surface area contributed by atoms with Gasteiger partial charge in [-0.15, -0.1) is 0 Å². The van der Waals surface area contributed by atoms with Crippen molar-refractivity contribution in [3.8, 4) is 0 Å². The summed E-state index contributed by atoms with van der Waals surface area (Å²) < 4.78 is 32.0. The summed E-state index contributed by atoms with van der Waals surface area (Å²) >= 11 is 0. The number of nitrogens with zero attached hydrogens (tertiary/aromatic N) is 2. The number of rotatable bonds is 4. The number of anilines is 1. The highest BCUT2D eigenvalue weighted by Gasteiger charge is 2.29. The van der Waals surface area contributed by atoms with E-state index in [4.69, 9.17) is 4.42 Å². The monoisotopic (exact) mass is 363 g/mol. The van der Waals surface area contributed by atoms with Crippen LogP contribution in [0.2, 0.25) is 0 Å². The van der Waals surface area contributed by atoms with Crippen LogP contribution in [0, 0.1) is 11.6 Å². The second-order valence-corrected chi connectivity index (χ2v) is 6.09. The van der Waals surface area contributed by atoms with Gasteiger partial charge in [0.1, 0.15) is 11.6 Å². The van der Waals surface area contributed by atoms with Crippen molar-refractivity contribution in [2.24, 2.45) is 0 Å². The smallest absolute Gasteiger partial charge is 0.289 e. The van der Waals surface area contributed by atoms with Gasteiger partial charge in [-0.25, -0.2) is 8.78 Å². The molecule has 2 heterocycles. The van der Waals surface area contributed by atoms with E-state index in [-0.39, 0.29) is 17.4 Å². The largest absolute Gasteiger partial charge is 0.459 e. The summed E-state index contributed by atoms with van der Waals surface area (Å²) in [5.41, 5.74) is -0.187. The lowest BCUT2D eigenvalue weighted by Crippen LogP contribution is -2.54. The number of piperazine rings is 1. The molecule has 0 saturated carbocycles. The lowest BCUT2D eigenvalue weighted by atomic mass is 10.2. The van der Waals surface area contributed by atoms with Gasteiger partial charge in [0.25, 0.3) is 5.91 Å². The minimum absolute atomic E-state index is 0.186. The molecule has 1 aliphatic rings. The van der Waals surface area contributed by atoms with Gasteiger partial charge in [0.05, 0.1) is 18.0 Å². The molecule has 3 rings (SSSR count). The zero-order valence-electron chi connectivity index (χ0n) is 14.2. The SMILES string of the molecule is C[C@H](C(=O)Nc1cc(F)ccc1F)N1CCN(C(=O)c2ccco2)CC1. The van der Waals surface area contributed by atoms with Crippen LogP contribution in [-0.2, 0) is 4.79 Å². The summed E-state index contributed by atoms with van der Waals surface area (Å²) in [4.78, 5) is 28.1. The van der Waals surface area contributed by atoms with Gasteiger partial charge in [-0.3, -0.25) is 14.5 Å². The summed E-state index contributed by atoms with van der Waals surface area (Å²) in [5, 5.41) is 2.41. The third kappa shape index (κ3) is 3.91. The molecule has 0 bridgehead atoms. The number of amides is 2. The van der Waals surface area contributed by atoms with E-state index in [0.29, 0.717) is 26.2 Å². The Morgan fingerprint density at radius 3 is 2.54 bits per heavy atom. The normalized spacial score (nSPS) is 16.3. The molecule has 26 heavy (non-hydrogen) atoms. The highest BCUT2D eigenvalue weighted by molar-refractivity contribution is 5.94. The van der Waals surface area contributed by atoms with E-state index in [9.17, 15) is 18.4 Å². The number of hydrogen-bond acceptors (Lipinski definition) is 4. The van der Waals surface area contributed by atoms with E-state index in [0.717, 1.165) is 18.2 Å². The van der Waals surface area contributed by atoms with Crippen LogP contribution in [0.3, 0.4) is 0 Å². The van der Waals surface area contributed by atoms with Gasteiger partial charge < -0.3 is 14.6 Å². The number of nitrogens with one attached hydrogen (secondary N) is 1. The number of hydrogen-bond donors (Lipinski definition) is 1. The molecule has 2 aromatic rings. The fraction of sp³-hybridized carbons (Fsp3) is 0.333. The van der Waals surface area contributed by atoms with Gasteiger partial charge in [0.15, 0.2) is 5.76 Å². The van der Waals surface area contributed by atoms with Gasteiger partial charge in [0.2, 0.25) is 5.91 Å². The standard InChI is InChI=1S/C18H19F2N3O3/c1-12(17(24)21-15-11-13(19)4-5-14(15)20)22-6-8-23(9-7-22)18(25)16-3-2-10-26-16/h2-5,10-12H,6-9H2,1H3,(H,21,24)/t12-/m1/s1. The Bertz CT molecular complexity index is 787. The number of carbonyl (C=O) groups is 2. The molecule has 6 nitrogen and oxygen atoms in total. The summed E-state index contributed by atoms with van der Waals surface area (Å²) in [6.07, 6.45) is 1.45. The van der Waals surface area contributed by atoms with Crippen molar-refractivity contribution in [3.63, 3.8) is 0 Å². The molecule has 1 aliphatic heterocycles. The predicted molar refractivity (Wildman–Crippen MR) is 90.6 cm³/mol. The zero-order chi connectivity index (χ0) is 18.7. The Hall–Kier alpha value is -2.74. The van der Waals surface area contributed by atoms with Crippen LogP contribution in [0.4, 0.5) is 14.5 Å². The van der Waals surface area contributed by atoms with Crippen LogP contribution in [0.1, 0.15) is 17.5 Å². The van der Waals surface area contributed by atoms with Crippen molar-refractivity contribution in [2.75, 3.05) is 31.5 Å². The quantitative estimate of drug-likeness (QED) is 0.906. The third-order valence-electron chi connectivity index (χ3n) is 4.45. The maximum atomic E-state index is 13.7. The maximum absolute atomic E-state index is 13.7. The first-order valence-electron chi connectivity index (χ1n) is 8.28. The number of furan rings is 1. The molecule has 0 radical (unpaired) electrons. The molecule has 8 heteroatoms. The van der Waals surface area contributed by atoms with Gasteiger partial charge in [0, 0.05) is 32.2 Å². The van der Waals surface area contributed by atoms with Crippen molar-refractivity contribution >= 4 is 17.5 Å². The van der Waals surface area contributed by atoms with E-state index in [1.54, 1.807) is 24.0 Å². The van der Waals surface area contributed by atoms with Crippen LogP contribution in [-0.4, -0.2) is 53.8 Å². The van der Waals surface area contributed by atoms with Crippen LogP contribution in [0.5, 0.6) is 0 Å². The van der Waals surface area contributed by atoms with Crippen LogP contribution in [0.25, 0.3) is 0 Å². The molecule has 1 aromatic heterocycles. The Labute approximate surface area is 149 Å². The third-order valence-corrected chi connectivity index (χ3v) is 4.45. The van der Waals surface area contributed by atoms with Gasteiger partial charge in [-0.2, -0.15) is 0 Å². The minimum Gasteiger partial charge on any atom is -0.459 e. The lowest BCUT2D eigenvalue weighted by Gasteiger charge is -2.37. The van der Waals surface area contributed by atoms with Crippen molar-refractivity contribution < 1.29 is 22.8 Å². The lowest BCUT2D eigenvalue weighted by molar-refractivity contribution is -0.121. The molecule has 1 fully saturated rings. The second kappa shape index (κ2) is 7.65. The van der Waals surface area contributed by atoms with Crippen molar-refractivity contribution in [1.29, 1.82) is 0 Å². The molecule has 1 atom stereocenters. The van der Waals surface area contributed by atoms with Crippen molar-refractivity contribution in [3.05, 3.63) is 54.0 Å². The second-order valence-electron chi connectivity index (χ2n) is 6.09. The first-order chi connectivity index (χ1) is 12.5. The first kappa shape index (κ1) is 18.1. The van der Waals surface area contributed by atoms with E-state index >= 15 is 0 Å². The van der Waals surface area contributed by atoms with Crippen molar-refractivity contribution in [2.45, 2.75) is 13.0 Å². The molecule has 0 unspecified atom stereocenters. The molecule has 1 N–H and O–H groups in total. The minimum atomic E-state index is -0.694. The summed E-state index contributed by atoms with van der Waals surface area (Å²) in [6, 6.07) is 5.62. The molecule has 1 aromatic carbocycles. The Balaban J connectivity index is 1.56. The van der Waals surface area contributed by atoms with E-state index in [1.165, 1.54) is 6.26 Å². The fourth-order valence-electron chi connectivity index (χ4n) is 2.86. The maximum Gasteiger partial charge on any atom is 0.289 e. The molecular weight excluding hydrogens is 344 g/mol. The summed E-state index contributed by atoms with van der Waals surface area (Å²) in [5.74, 6) is -1.65. The molecule has 1 saturated heterocycles. The summed E-state index contributed by atoms with van der Waals surface area (Å²) in [7, 11) is 0. The van der Waals surface area contributed by atoms with E-state index < -0.39 is 23.6 Å². The Morgan fingerprint density at radius 1 is 1.15 bits per heavy atom. The van der Waals surface area contributed by atoms with Crippen molar-refractivity contribution in [1.82, 2.24) is 9.80 Å². The molecule has 138 valence electrons. The Kier molecular flexibility index (Phi) is 5.32. The number of halogens is 2. The highest BCUT2D eigenvalue weighted by Crippen LogP contribution is 2.17. The highest BCUT2D eigenvalue weighted by atomic mass is 19.1. The Morgan fingerprint density at radius 2 is 1.88 bits per heavy atom. The number of benzene rings is 1. The topological polar surface area (TPSA) is 65.8 Å². The molecule has 0 aliphatic carbocycles. The average Bonchev–Trinajstić information content (AvgIpc) is 3.18. The number of carbonyl (C=O) groups excluding carboxylic acids is 2. The average molecular weight is 363 g/mol. The van der Waals surface area contributed by atoms with Crippen LogP contribution in [0.15, 0.2) is 41.0 Å². The molecule has 0 spiro atoms. The molecular formula is C18H19F2N3O3. The van der Waals surface area contributed by atoms with Gasteiger partial charge in [-0.1, -0.05) is 0 Å². The van der Waals surface area contributed by atoms with Crippen LogP contribution < -0.4 is 5.32 Å². The van der Waals surface area contributed by atoms with Gasteiger partial charge >= 0.3 is 0 Å². The fourth-order valence-corrected chi connectivity index (χ4v) is 2.86. The zero-order valence-corrected chi connectivity index (χ0v) is 14.2.